The first-order valence-corrected chi connectivity index (χ1v) is 29.2. The highest BCUT2D eigenvalue weighted by Crippen LogP contribution is 2.26. The van der Waals surface area contributed by atoms with Crippen molar-refractivity contribution in [3.63, 3.8) is 0 Å². The van der Waals surface area contributed by atoms with Crippen molar-refractivity contribution < 1.29 is 58.2 Å². The summed E-state index contributed by atoms with van der Waals surface area (Å²) in [4.78, 5) is 51.0. The summed E-state index contributed by atoms with van der Waals surface area (Å²) in [7, 11) is 0. The van der Waals surface area contributed by atoms with Crippen LogP contribution < -0.4 is 0 Å². The molecule has 12 nitrogen and oxygen atoms in total. The van der Waals surface area contributed by atoms with Crippen molar-refractivity contribution in [2.45, 2.75) is 263 Å². The highest BCUT2D eigenvalue weighted by atomic mass is 16.7. The molecule has 1 aliphatic rings. The molecule has 0 spiro atoms. The van der Waals surface area contributed by atoms with Gasteiger partial charge in [-0.2, -0.15) is 0 Å². The number of aliphatic hydroxyl groups excluding tert-OH is 2. The second-order valence-corrected chi connectivity index (χ2v) is 19.5. The summed E-state index contributed by atoms with van der Waals surface area (Å²) >= 11 is 0. The number of carboxylic acid groups (broad SMARTS) is 1. The van der Waals surface area contributed by atoms with E-state index < -0.39 is 67.3 Å². The number of hydrogen-bond donors (Lipinski definition) is 3. The third kappa shape index (κ3) is 40.6. The van der Waals surface area contributed by atoms with Crippen LogP contribution in [0.2, 0.25) is 0 Å². The van der Waals surface area contributed by atoms with Crippen LogP contribution in [0.5, 0.6) is 0 Å². The quantitative estimate of drug-likeness (QED) is 0.0228. The van der Waals surface area contributed by atoms with Gasteiger partial charge in [0.25, 0.3) is 0 Å². The Bertz CT molecular complexity index is 1670. The summed E-state index contributed by atoms with van der Waals surface area (Å²) in [6, 6.07) is 0. The molecule has 1 saturated heterocycles. The third-order valence-electron chi connectivity index (χ3n) is 12.6. The highest BCUT2D eigenvalue weighted by Gasteiger charge is 2.50. The molecule has 426 valence electrons. The zero-order valence-electron chi connectivity index (χ0n) is 46.8. The Morgan fingerprint density at radius 1 is 0.453 bits per heavy atom. The second-order valence-electron chi connectivity index (χ2n) is 19.5. The number of rotatable bonds is 48. The minimum absolute atomic E-state index is 0.0699. The van der Waals surface area contributed by atoms with Gasteiger partial charge >= 0.3 is 23.9 Å². The van der Waals surface area contributed by atoms with Crippen LogP contribution in [-0.2, 0) is 42.9 Å². The lowest BCUT2D eigenvalue weighted by atomic mass is 9.98. The number of esters is 3. The first-order chi connectivity index (χ1) is 36.6. The van der Waals surface area contributed by atoms with E-state index in [9.17, 15) is 34.5 Å². The Labute approximate surface area is 453 Å². The number of ether oxygens (including phenoxy) is 5. The maximum Gasteiger partial charge on any atom is 0.335 e. The molecule has 0 bridgehead atoms. The molecule has 0 radical (unpaired) electrons. The van der Waals surface area contributed by atoms with E-state index >= 15 is 0 Å². The zero-order valence-corrected chi connectivity index (χ0v) is 46.8. The molecule has 0 aromatic carbocycles. The van der Waals surface area contributed by atoms with Crippen molar-refractivity contribution in [2.75, 3.05) is 13.2 Å². The van der Waals surface area contributed by atoms with Crippen LogP contribution in [0.3, 0.4) is 0 Å². The first-order valence-electron chi connectivity index (χ1n) is 29.2. The minimum Gasteiger partial charge on any atom is -0.479 e. The number of aliphatic carboxylic acids is 1. The maximum atomic E-state index is 13.1. The molecule has 6 unspecified atom stereocenters. The van der Waals surface area contributed by atoms with E-state index in [0.717, 1.165) is 109 Å². The summed E-state index contributed by atoms with van der Waals surface area (Å²) in [6.07, 6.45) is 53.9. The van der Waals surface area contributed by atoms with Gasteiger partial charge in [-0.05, 0) is 109 Å². The van der Waals surface area contributed by atoms with E-state index in [2.05, 4.69) is 99.8 Å². The van der Waals surface area contributed by atoms with Gasteiger partial charge < -0.3 is 39.0 Å². The number of unbranched alkanes of at least 4 members (excludes halogenated alkanes) is 18. The lowest BCUT2D eigenvalue weighted by molar-refractivity contribution is -0.301. The van der Waals surface area contributed by atoms with Crippen LogP contribution in [0.15, 0.2) is 97.2 Å². The fraction of sp³-hybridized carbons (Fsp3) is 0.683. The molecule has 1 fully saturated rings. The van der Waals surface area contributed by atoms with Gasteiger partial charge in [0.2, 0.25) is 0 Å². The van der Waals surface area contributed by atoms with Crippen LogP contribution in [0.25, 0.3) is 0 Å². The molecule has 75 heavy (non-hydrogen) atoms. The van der Waals surface area contributed by atoms with E-state index in [1.165, 1.54) is 51.4 Å². The Morgan fingerprint density at radius 3 is 1.33 bits per heavy atom. The standard InChI is InChI=1S/C63H102O12/c1-4-7-10-13-16-19-22-25-26-27-28-29-30-33-36-39-42-45-48-51-57(66)74-61-59(68)58(67)60(62(69)70)75-63(61)72-53-54(73-56(65)50-47-44-41-38-35-32-24-21-18-15-12-9-6-3)52-71-55(64)49-46-43-40-37-34-31-23-20-17-14-11-8-5-2/h7,10,16,19-21,23-26,28-29,33,36,42,45,54,58-61,63,67-68H,4-6,8-9,11-15,17-18,22,27,30-32,34-35,37-41,43-44,46-53H2,1-3H3,(H,69,70)/b10-7-,19-16-,23-20-,24-21-,26-25-,29-28-,36-33-,45-42-. The normalized spacial score (nSPS) is 18.9. The van der Waals surface area contributed by atoms with Crippen molar-refractivity contribution >= 4 is 23.9 Å². The molecule has 1 rings (SSSR count). The molecule has 0 aromatic rings. The third-order valence-corrected chi connectivity index (χ3v) is 12.6. The van der Waals surface area contributed by atoms with Gasteiger partial charge in [-0.15, -0.1) is 0 Å². The van der Waals surface area contributed by atoms with Crippen LogP contribution in [0, 0.1) is 0 Å². The summed E-state index contributed by atoms with van der Waals surface area (Å²) < 4.78 is 28.3. The number of hydrogen-bond acceptors (Lipinski definition) is 11. The molecule has 6 atom stereocenters. The van der Waals surface area contributed by atoms with Gasteiger partial charge in [-0.3, -0.25) is 14.4 Å². The van der Waals surface area contributed by atoms with Gasteiger partial charge in [0.15, 0.2) is 24.6 Å². The average molecular weight is 1050 g/mol. The van der Waals surface area contributed by atoms with Crippen LogP contribution in [0.1, 0.15) is 226 Å². The van der Waals surface area contributed by atoms with E-state index in [1.807, 2.05) is 18.2 Å². The second kappa shape index (κ2) is 50.5. The van der Waals surface area contributed by atoms with Crippen molar-refractivity contribution in [1.29, 1.82) is 0 Å². The summed E-state index contributed by atoms with van der Waals surface area (Å²) in [6.45, 7) is 5.79. The van der Waals surface area contributed by atoms with Crippen molar-refractivity contribution in [2.24, 2.45) is 0 Å². The van der Waals surface area contributed by atoms with Gasteiger partial charge in [-0.1, -0.05) is 195 Å². The number of allylic oxidation sites excluding steroid dienone is 16. The Kier molecular flexibility index (Phi) is 46.2. The number of carbonyl (C=O) groups is 4. The molecule has 0 aromatic heterocycles. The lowest BCUT2D eigenvalue weighted by Crippen LogP contribution is -2.61. The monoisotopic (exact) mass is 1050 g/mol. The predicted molar refractivity (Wildman–Crippen MR) is 303 cm³/mol. The Hall–Kier alpha value is -4.36. The zero-order chi connectivity index (χ0) is 54.7. The lowest BCUT2D eigenvalue weighted by Gasteiger charge is -2.40. The van der Waals surface area contributed by atoms with E-state index in [-0.39, 0.29) is 25.9 Å². The van der Waals surface area contributed by atoms with Gasteiger partial charge in [0, 0.05) is 19.3 Å². The minimum atomic E-state index is -1.93. The SMILES string of the molecule is CC/C=C\C/C=C\C/C=C\C/C=C\C/C=C\C/C=C\CCC(=O)OC1C(OCC(COC(=O)CCCCCCC/C=C\CCCCCC)OC(=O)CCCCCCC/C=C\CCCCCC)OC(C(=O)O)C(O)C1O. The average Bonchev–Trinajstić information content (AvgIpc) is 3.39. The Balaban J connectivity index is 2.75. The summed E-state index contributed by atoms with van der Waals surface area (Å²) in [5.41, 5.74) is 0. The molecule has 1 heterocycles. The van der Waals surface area contributed by atoms with Crippen LogP contribution >= 0.6 is 0 Å². The van der Waals surface area contributed by atoms with E-state index in [4.69, 9.17) is 23.7 Å². The molecule has 0 aliphatic carbocycles. The largest absolute Gasteiger partial charge is 0.479 e. The predicted octanol–water partition coefficient (Wildman–Crippen LogP) is 14.9. The molecule has 12 heteroatoms. The highest BCUT2D eigenvalue weighted by molar-refractivity contribution is 5.74. The molecule has 1 aliphatic heterocycles. The van der Waals surface area contributed by atoms with E-state index in [1.54, 1.807) is 0 Å². The van der Waals surface area contributed by atoms with Crippen molar-refractivity contribution in [3.05, 3.63) is 97.2 Å². The summed E-state index contributed by atoms with van der Waals surface area (Å²) in [5.74, 6) is -3.26. The Morgan fingerprint density at radius 2 is 0.867 bits per heavy atom. The van der Waals surface area contributed by atoms with Crippen LogP contribution in [-0.4, -0.2) is 89.2 Å². The molecule has 3 N–H and O–H groups in total. The van der Waals surface area contributed by atoms with Crippen molar-refractivity contribution in [3.8, 4) is 0 Å². The van der Waals surface area contributed by atoms with E-state index in [0.29, 0.717) is 25.7 Å². The molecular weight excluding hydrogens is 949 g/mol. The topological polar surface area (TPSA) is 175 Å². The van der Waals surface area contributed by atoms with Crippen LogP contribution in [0.4, 0.5) is 0 Å². The van der Waals surface area contributed by atoms with Gasteiger partial charge in [-0.25, -0.2) is 4.79 Å². The smallest absolute Gasteiger partial charge is 0.335 e. The molecule has 0 saturated carbocycles. The number of carbonyl (C=O) groups excluding carboxylic acids is 3. The number of aliphatic hydroxyl groups is 2. The number of carboxylic acids is 1. The first kappa shape index (κ1) is 68.7. The molecular formula is C63H102O12. The van der Waals surface area contributed by atoms with Gasteiger partial charge in [0.1, 0.15) is 18.8 Å². The van der Waals surface area contributed by atoms with Crippen molar-refractivity contribution in [1.82, 2.24) is 0 Å². The van der Waals surface area contributed by atoms with Gasteiger partial charge in [0.05, 0.1) is 6.61 Å². The fourth-order valence-electron chi connectivity index (χ4n) is 8.15. The molecule has 0 amide bonds. The fourth-order valence-corrected chi connectivity index (χ4v) is 8.15. The maximum absolute atomic E-state index is 13.1. The summed E-state index contributed by atoms with van der Waals surface area (Å²) in [5, 5.41) is 31.4.